The molecule has 0 saturated carbocycles. The molecule has 3 aromatic heterocycles. The number of amides is 2. The lowest BCUT2D eigenvalue weighted by Gasteiger charge is -2.24. The summed E-state index contributed by atoms with van der Waals surface area (Å²) in [6.07, 6.45) is 10.4. The zero-order valence-electron chi connectivity index (χ0n) is 24.4. The van der Waals surface area contributed by atoms with E-state index in [9.17, 15) is 9.59 Å². The van der Waals surface area contributed by atoms with Gasteiger partial charge < -0.3 is 9.80 Å². The maximum atomic E-state index is 14.3. The Morgan fingerprint density at radius 2 is 1.36 bits per heavy atom. The first-order chi connectivity index (χ1) is 20.6. The monoisotopic (exact) mass is 595 g/mol. The van der Waals surface area contributed by atoms with Crippen LogP contribution in [0.5, 0.6) is 0 Å². The first-order valence-corrected chi connectivity index (χ1v) is 16.9. The maximum Gasteiger partial charge on any atom is 0.261 e. The number of thiophene rings is 2. The summed E-state index contributed by atoms with van der Waals surface area (Å²) in [7, 11) is 0. The van der Waals surface area contributed by atoms with E-state index in [0.717, 1.165) is 93.9 Å². The summed E-state index contributed by atoms with van der Waals surface area (Å²) in [5.74, 6) is -0.0629. The highest BCUT2D eigenvalue weighted by Crippen LogP contribution is 2.49. The summed E-state index contributed by atoms with van der Waals surface area (Å²) in [6.45, 7) is 5.65. The van der Waals surface area contributed by atoms with Gasteiger partial charge in [0.15, 0.2) is 0 Å². The van der Waals surface area contributed by atoms with Crippen molar-refractivity contribution in [3.05, 3.63) is 87.1 Å². The molecule has 0 radical (unpaired) electrons. The van der Waals surface area contributed by atoms with Gasteiger partial charge in [0.25, 0.3) is 11.8 Å². The van der Waals surface area contributed by atoms with Crippen molar-refractivity contribution >= 4 is 56.8 Å². The van der Waals surface area contributed by atoms with Gasteiger partial charge in [0, 0.05) is 29.5 Å². The quantitative estimate of drug-likeness (QED) is 0.145. The molecule has 0 N–H and O–H groups in total. The van der Waals surface area contributed by atoms with Crippen LogP contribution in [0, 0.1) is 0 Å². The Balaban J connectivity index is 1.43. The van der Waals surface area contributed by atoms with Crippen LogP contribution in [0.1, 0.15) is 75.0 Å². The molecule has 2 amide bonds. The van der Waals surface area contributed by atoms with Crippen LogP contribution in [0.2, 0.25) is 0 Å². The molecule has 1 aromatic carbocycles. The van der Waals surface area contributed by atoms with E-state index in [2.05, 4.69) is 55.2 Å². The highest BCUT2D eigenvalue weighted by molar-refractivity contribution is 7.16. The zero-order valence-corrected chi connectivity index (χ0v) is 26.0. The summed E-state index contributed by atoms with van der Waals surface area (Å²) in [6, 6.07) is 18.6. The lowest BCUT2D eigenvalue weighted by atomic mass is 10.1. The summed E-state index contributed by atoms with van der Waals surface area (Å²) in [5.41, 5.74) is 4.86. The van der Waals surface area contributed by atoms with E-state index in [1.54, 1.807) is 22.7 Å². The fourth-order valence-electron chi connectivity index (χ4n) is 5.99. The normalized spacial score (nSPS) is 15.2. The van der Waals surface area contributed by atoms with Crippen LogP contribution in [0.4, 0.5) is 0 Å². The molecule has 4 aromatic rings. The minimum atomic E-state index is -0.0314. The molecular weight excluding hydrogens is 559 g/mol. The molecule has 0 saturated heterocycles. The molecule has 0 spiro atoms. The van der Waals surface area contributed by atoms with Crippen LogP contribution in [0.3, 0.4) is 0 Å². The highest BCUT2D eigenvalue weighted by atomic mass is 32.1. The number of pyridine rings is 1. The average molecular weight is 596 g/mol. The predicted molar refractivity (Wildman–Crippen MR) is 175 cm³/mol. The molecule has 6 rings (SSSR count). The van der Waals surface area contributed by atoms with Crippen LogP contribution in [0.15, 0.2) is 77.3 Å². The number of benzene rings is 1. The van der Waals surface area contributed by atoms with Gasteiger partial charge in [0.2, 0.25) is 0 Å². The smallest absolute Gasteiger partial charge is 0.261 e. The first kappa shape index (κ1) is 28.6. The molecule has 2 aliphatic rings. The Morgan fingerprint density at radius 3 is 2.00 bits per heavy atom. The van der Waals surface area contributed by atoms with Gasteiger partial charge in [-0.05, 0) is 60.2 Å². The number of hydrogen-bond donors (Lipinski definition) is 0. The Hall–Kier alpha value is -3.55. The molecule has 0 bridgehead atoms. The molecular formula is C35H37N3O2S2. The third-order valence-corrected chi connectivity index (χ3v) is 10.2. The average Bonchev–Trinajstić information content (AvgIpc) is 3.80. The molecule has 0 fully saturated rings. The van der Waals surface area contributed by atoms with Gasteiger partial charge in [-0.25, -0.2) is 0 Å². The minimum absolute atomic E-state index is 0.0314. The van der Waals surface area contributed by atoms with E-state index in [-0.39, 0.29) is 11.8 Å². The largest absolute Gasteiger partial charge is 0.306 e. The number of fused-ring (bicyclic) bond motifs is 2. The Kier molecular flexibility index (Phi) is 8.68. The van der Waals surface area contributed by atoms with E-state index in [0.29, 0.717) is 24.2 Å². The lowest BCUT2D eigenvalue weighted by Crippen LogP contribution is -2.30. The molecule has 0 aliphatic carbocycles. The summed E-state index contributed by atoms with van der Waals surface area (Å²) >= 11 is 3.25. The third kappa shape index (κ3) is 5.36. The molecule has 0 atom stereocenters. The van der Waals surface area contributed by atoms with Crippen molar-refractivity contribution in [3.63, 3.8) is 0 Å². The number of unbranched alkanes of at least 4 members (excludes halogenated alkanes) is 6. The van der Waals surface area contributed by atoms with Crippen LogP contribution in [-0.2, 0) is 9.59 Å². The Morgan fingerprint density at radius 1 is 0.690 bits per heavy atom. The van der Waals surface area contributed by atoms with Crippen molar-refractivity contribution in [3.8, 4) is 10.4 Å². The number of carbonyl (C=O) groups excluding carboxylic acids is 2. The van der Waals surface area contributed by atoms with Crippen molar-refractivity contribution in [1.29, 1.82) is 0 Å². The SMILES string of the molecule is CCCCCCN1C(=O)C2=C(c3ccc(-c4ccc5ncccc5c4)s3)N(CCCCCC)C(=O)C2=C1c1cccs1. The van der Waals surface area contributed by atoms with Crippen molar-refractivity contribution in [2.24, 2.45) is 0 Å². The van der Waals surface area contributed by atoms with Gasteiger partial charge in [-0.2, -0.15) is 0 Å². The Bertz CT molecular complexity index is 1660. The zero-order chi connectivity index (χ0) is 29.1. The van der Waals surface area contributed by atoms with Gasteiger partial charge in [0.05, 0.1) is 37.8 Å². The fourth-order valence-corrected chi connectivity index (χ4v) is 7.84. The van der Waals surface area contributed by atoms with Crippen LogP contribution in [-0.4, -0.2) is 39.7 Å². The van der Waals surface area contributed by atoms with Crippen LogP contribution < -0.4 is 0 Å². The highest BCUT2D eigenvalue weighted by Gasteiger charge is 2.49. The van der Waals surface area contributed by atoms with Gasteiger partial charge in [-0.1, -0.05) is 70.6 Å². The number of hydrogen-bond acceptors (Lipinski definition) is 5. The molecule has 5 nitrogen and oxygen atoms in total. The third-order valence-electron chi connectivity index (χ3n) is 8.13. The predicted octanol–water partition coefficient (Wildman–Crippen LogP) is 8.99. The van der Waals surface area contributed by atoms with E-state index >= 15 is 0 Å². The second-order valence-electron chi connectivity index (χ2n) is 11.0. The minimum Gasteiger partial charge on any atom is -0.306 e. The van der Waals surface area contributed by atoms with E-state index in [4.69, 9.17) is 0 Å². The van der Waals surface area contributed by atoms with Gasteiger partial charge in [0.1, 0.15) is 0 Å². The molecule has 42 heavy (non-hydrogen) atoms. The second-order valence-corrected chi connectivity index (χ2v) is 13.1. The Labute approximate surface area is 256 Å². The number of nitrogens with zero attached hydrogens (tertiary/aromatic N) is 3. The maximum absolute atomic E-state index is 14.3. The van der Waals surface area contributed by atoms with Gasteiger partial charge in [-0.3, -0.25) is 14.6 Å². The first-order valence-electron chi connectivity index (χ1n) is 15.2. The van der Waals surface area contributed by atoms with Crippen molar-refractivity contribution in [1.82, 2.24) is 14.8 Å². The van der Waals surface area contributed by atoms with Crippen LogP contribution in [0.25, 0.3) is 32.7 Å². The number of aromatic nitrogens is 1. The molecule has 7 heteroatoms. The molecule has 216 valence electrons. The number of rotatable bonds is 13. The van der Waals surface area contributed by atoms with Crippen molar-refractivity contribution in [2.75, 3.05) is 13.1 Å². The molecule has 0 unspecified atom stereocenters. The summed E-state index contributed by atoms with van der Waals surface area (Å²) in [4.78, 5) is 39.9. The van der Waals surface area contributed by atoms with E-state index in [1.165, 1.54) is 0 Å². The fraction of sp³-hybridized carbons (Fsp3) is 0.343. The van der Waals surface area contributed by atoms with E-state index in [1.807, 2.05) is 39.6 Å². The molecule has 2 aliphatic heterocycles. The molecule has 5 heterocycles. The number of carbonyl (C=O) groups is 2. The van der Waals surface area contributed by atoms with E-state index < -0.39 is 0 Å². The van der Waals surface area contributed by atoms with Crippen LogP contribution >= 0.6 is 22.7 Å². The van der Waals surface area contributed by atoms with Gasteiger partial charge in [-0.15, -0.1) is 22.7 Å². The topological polar surface area (TPSA) is 53.5 Å². The standard InChI is InChI=1S/C35H37N3O2S2/c1-3-5-7-9-20-37-32(28-14-12-22-41-28)30-31(35(37)40)33(38(34(30)39)21-10-8-6-4-2)29-18-17-27(42-29)25-15-16-26-24(23-25)13-11-19-36-26/h11-19,22-23H,3-10,20-21H2,1-2H3. The lowest BCUT2D eigenvalue weighted by molar-refractivity contribution is -0.124. The van der Waals surface area contributed by atoms with Crippen molar-refractivity contribution in [2.45, 2.75) is 65.2 Å². The summed E-state index contributed by atoms with van der Waals surface area (Å²) in [5, 5.41) is 3.12. The van der Waals surface area contributed by atoms with Crippen molar-refractivity contribution < 1.29 is 9.59 Å². The second kappa shape index (κ2) is 12.8. The van der Waals surface area contributed by atoms with Gasteiger partial charge >= 0.3 is 0 Å². The summed E-state index contributed by atoms with van der Waals surface area (Å²) < 4.78 is 0.